The van der Waals surface area contributed by atoms with Crippen molar-refractivity contribution in [3.63, 3.8) is 0 Å². The number of nitrogens with zero attached hydrogens (tertiary/aromatic N) is 1. The molecule has 3 rings (SSSR count). The predicted molar refractivity (Wildman–Crippen MR) is 90.8 cm³/mol. The second-order valence-corrected chi connectivity index (χ2v) is 8.65. The van der Waals surface area contributed by atoms with Gasteiger partial charge in [0.1, 0.15) is 0 Å². The summed E-state index contributed by atoms with van der Waals surface area (Å²) in [5.41, 5.74) is -0.225. The lowest BCUT2D eigenvalue weighted by Gasteiger charge is -2.41. The molecular weight excluding hydrogens is 288 g/mol. The fourth-order valence-electron chi connectivity index (χ4n) is 4.27. The summed E-state index contributed by atoms with van der Waals surface area (Å²) >= 11 is 0. The molecule has 3 aliphatic rings. The van der Waals surface area contributed by atoms with Crippen LogP contribution in [0.4, 0.5) is 0 Å². The number of amides is 2. The maximum absolute atomic E-state index is 12.8. The van der Waals surface area contributed by atoms with Crippen LogP contribution in [-0.4, -0.2) is 36.3 Å². The highest BCUT2D eigenvalue weighted by molar-refractivity contribution is 5.83. The van der Waals surface area contributed by atoms with Crippen molar-refractivity contribution in [2.45, 2.75) is 71.6 Å². The zero-order chi connectivity index (χ0) is 16.5. The Kier molecular flexibility index (Phi) is 4.70. The van der Waals surface area contributed by atoms with Gasteiger partial charge in [-0.15, -0.1) is 0 Å². The first-order chi connectivity index (χ1) is 10.9. The van der Waals surface area contributed by atoms with Crippen molar-refractivity contribution in [3.8, 4) is 0 Å². The Labute approximate surface area is 140 Å². The van der Waals surface area contributed by atoms with E-state index in [0.29, 0.717) is 11.8 Å². The molecule has 1 N–H and O–H groups in total. The minimum Gasteiger partial charge on any atom is -0.355 e. The topological polar surface area (TPSA) is 49.4 Å². The van der Waals surface area contributed by atoms with Crippen LogP contribution in [0.2, 0.25) is 0 Å². The van der Waals surface area contributed by atoms with Crippen LogP contribution < -0.4 is 5.32 Å². The van der Waals surface area contributed by atoms with Gasteiger partial charge in [-0.3, -0.25) is 9.59 Å². The van der Waals surface area contributed by atoms with E-state index < -0.39 is 0 Å². The highest BCUT2D eigenvalue weighted by Gasteiger charge is 2.43. The van der Waals surface area contributed by atoms with Crippen LogP contribution in [0.25, 0.3) is 0 Å². The largest absolute Gasteiger partial charge is 0.355 e. The molecule has 0 radical (unpaired) electrons. The summed E-state index contributed by atoms with van der Waals surface area (Å²) < 4.78 is 0. The zero-order valence-corrected chi connectivity index (χ0v) is 14.8. The van der Waals surface area contributed by atoms with E-state index >= 15 is 0 Å². The van der Waals surface area contributed by atoms with Gasteiger partial charge < -0.3 is 10.2 Å². The maximum atomic E-state index is 12.8. The molecule has 0 aromatic rings. The van der Waals surface area contributed by atoms with Gasteiger partial charge >= 0.3 is 0 Å². The molecule has 2 aliphatic carbocycles. The Morgan fingerprint density at radius 1 is 1.00 bits per heavy atom. The van der Waals surface area contributed by atoms with Gasteiger partial charge in [0.15, 0.2) is 0 Å². The van der Waals surface area contributed by atoms with Crippen LogP contribution in [0.5, 0.6) is 0 Å². The van der Waals surface area contributed by atoms with Crippen LogP contribution >= 0.6 is 0 Å². The monoisotopic (exact) mass is 320 g/mol. The van der Waals surface area contributed by atoms with Crippen LogP contribution in [0.1, 0.15) is 71.6 Å². The first kappa shape index (κ1) is 16.8. The van der Waals surface area contributed by atoms with Gasteiger partial charge in [0.25, 0.3) is 0 Å². The van der Waals surface area contributed by atoms with Crippen molar-refractivity contribution >= 4 is 11.8 Å². The minimum atomic E-state index is -0.125. The fourth-order valence-corrected chi connectivity index (χ4v) is 4.27. The number of hydrogen-bond donors (Lipinski definition) is 1. The number of carbonyl (C=O) groups is 2. The molecule has 130 valence electrons. The van der Waals surface area contributed by atoms with Gasteiger partial charge in [-0.05, 0) is 44.4 Å². The number of rotatable bonds is 4. The molecule has 0 bridgehead atoms. The highest BCUT2D eigenvalue weighted by Crippen LogP contribution is 2.42. The van der Waals surface area contributed by atoms with Gasteiger partial charge in [0.05, 0.1) is 0 Å². The first-order valence-electron chi connectivity index (χ1n) is 9.51. The number of likely N-dealkylation sites (tertiary alicyclic amines) is 1. The van der Waals surface area contributed by atoms with Crippen molar-refractivity contribution < 1.29 is 9.59 Å². The lowest BCUT2D eigenvalue weighted by molar-refractivity contribution is -0.146. The molecule has 1 aliphatic heterocycles. The molecule has 1 atom stereocenters. The van der Waals surface area contributed by atoms with E-state index in [9.17, 15) is 9.59 Å². The molecule has 1 heterocycles. The van der Waals surface area contributed by atoms with Gasteiger partial charge in [-0.2, -0.15) is 0 Å². The van der Waals surface area contributed by atoms with Crippen molar-refractivity contribution in [3.05, 3.63) is 0 Å². The molecular formula is C19H32N2O2. The number of hydrogen-bond acceptors (Lipinski definition) is 2. The Morgan fingerprint density at radius 3 is 2.22 bits per heavy atom. The van der Waals surface area contributed by atoms with Crippen molar-refractivity contribution in [1.82, 2.24) is 10.2 Å². The summed E-state index contributed by atoms with van der Waals surface area (Å²) in [5.74, 6) is 0.988. The quantitative estimate of drug-likeness (QED) is 0.865. The molecule has 3 fully saturated rings. The van der Waals surface area contributed by atoms with E-state index in [-0.39, 0.29) is 16.7 Å². The minimum absolute atomic E-state index is 0.0997. The van der Waals surface area contributed by atoms with Crippen molar-refractivity contribution in [2.75, 3.05) is 19.6 Å². The van der Waals surface area contributed by atoms with Crippen molar-refractivity contribution in [2.24, 2.45) is 16.7 Å². The summed E-state index contributed by atoms with van der Waals surface area (Å²) in [6.45, 7) is 6.65. The molecule has 2 saturated carbocycles. The summed E-state index contributed by atoms with van der Waals surface area (Å²) in [4.78, 5) is 27.2. The summed E-state index contributed by atoms with van der Waals surface area (Å²) in [6.07, 6.45) is 9.88. The van der Waals surface area contributed by atoms with Gasteiger partial charge in [0, 0.05) is 30.5 Å². The zero-order valence-electron chi connectivity index (χ0n) is 14.8. The van der Waals surface area contributed by atoms with E-state index in [1.165, 1.54) is 12.8 Å². The van der Waals surface area contributed by atoms with E-state index in [1.807, 2.05) is 0 Å². The maximum Gasteiger partial charge on any atom is 0.228 e. The average molecular weight is 320 g/mol. The predicted octanol–water partition coefficient (Wildman–Crippen LogP) is 3.11. The second kappa shape index (κ2) is 6.45. The molecule has 2 amide bonds. The number of nitrogens with one attached hydrogen (secondary N) is 1. The molecule has 1 saturated heterocycles. The third-order valence-electron chi connectivity index (χ3n) is 6.59. The second-order valence-electron chi connectivity index (χ2n) is 8.65. The van der Waals surface area contributed by atoms with Crippen LogP contribution in [0.3, 0.4) is 0 Å². The SMILES string of the molecule is CC1(C(=O)NC[C@@H]2CCCCN(C(=O)C3(C)CCC3)C2)CCC1. The van der Waals surface area contributed by atoms with Crippen LogP contribution in [0, 0.1) is 16.7 Å². The van der Waals surface area contributed by atoms with Gasteiger partial charge in [-0.25, -0.2) is 0 Å². The van der Waals surface area contributed by atoms with E-state index in [4.69, 9.17) is 0 Å². The summed E-state index contributed by atoms with van der Waals surface area (Å²) in [5, 5.41) is 3.17. The Morgan fingerprint density at radius 2 is 1.65 bits per heavy atom. The fraction of sp³-hybridized carbons (Fsp3) is 0.895. The van der Waals surface area contributed by atoms with Gasteiger partial charge in [0.2, 0.25) is 11.8 Å². The lowest BCUT2D eigenvalue weighted by atomic mass is 9.69. The Hall–Kier alpha value is -1.06. The molecule has 0 unspecified atom stereocenters. The standard InChI is InChI=1S/C19H32N2O2/c1-18(8-5-9-18)16(22)20-13-15-7-3-4-12-21(14-15)17(23)19(2)10-6-11-19/h15H,3-14H2,1-2H3,(H,20,22)/t15-/m0/s1. The van der Waals surface area contributed by atoms with E-state index in [2.05, 4.69) is 24.1 Å². The summed E-state index contributed by atoms with van der Waals surface area (Å²) in [7, 11) is 0. The van der Waals surface area contributed by atoms with E-state index in [0.717, 1.165) is 64.6 Å². The third-order valence-corrected chi connectivity index (χ3v) is 6.59. The van der Waals surface area contributed by atoms with Gasteiger partial charge in [-0.1, -0.05) is 33.1 Å². The number of carbonyl (C=O) groups excluding carboxylic acids is 2. The molecule has 0 spiro atoms. The molecule has 4 heteroatoms. The molecule has 4 nitrogen and oxygen atoms in total. The third kappa shape index (κ3) is 3.41. The first-order valence-corrected chi connectivity index (χ1v) is 9.51. The van der Waals surface area contributed by atoms with Crippen molar-refractivity contribution in [1.29, 1.82) is 0 Å². The van der Waals surface area contributed by atoms with Crippen LogP contribution in [-0.2, 0) is 9.59 Å². The summed E-state index contributed by atoms with van der Waals surface area (Å²) in [6, 6.07) is 0. The Bertz CT molecular complexity index is 466. The average Bonchev–Trinajstić information content (AvgIpc) is 2.72. The highest BCUT2D eigenvalue weighted by atomic mass is 16.2. The smallest absolute Gasteiger partial charge is 0.228 e. The van der Waals surface area contributed by atoms with E-state index in [1.54, 1.807) is 0 Å². The normalized spacial score (nSPS) is 29.0. The molecule has 0 aromatic carbocycles. The molecule has 0 aromatic heterocycles. The Balaban J connectivity index is 1.52. The van der Waals surface area contributed by atoms with Crippen LogP contribution in [0.15, 0.2) is 0 Å². The molecule has 23 heavy (non-hydrogen) atoms. The lowest BCUT2D eigenvalue weighted by Crippen LogP contribution is -2.49.